The number of hydrogen-bond acceptors (Lipinski definition) is 3. The predicted octanol–water partition coefficient (Wildman–Crippen LogP) is 1.57. The second kappa shape index (κ2) is 5.28. The van der Waals surface area contributed by atoms with Crippen LogP contribution in [0.2, 0.25) is 0 Å². The van der Waals surface area contributed by atoms with E-state index in [0.717, 1.165) is 51.9 Å². The highest BCUT2D eigenvalue weighted by molar-refractivity contribution is 4.89. The van der Waals surface area contributed by atoms with E-state index in [1.165, 1.54) is 12.8 Å². The van der Waals surface area contributed by atoms with Gasteiger partial charge in [0.05, 0.1) is 6.61 Å². The van der Waals surface area contributed by atoms with Crippen LogP contribution < -0.4 is 5.32 Å². The summed E-state index contributed by atoms with van der Waals surface area (Å²) in [6, 6.07) is 0.798. The first-order valence-corrected chi connectivity index (χ1v) is 6.23. The van der Waals surface area contributed by atoms with Gasteiger partial charge >= 0.3 is 0 Å². The van der Waals surface area contributed by atoms with Gasteiger partial charge in [-0.05, 0) is 32.6 Å². The van der Waals surface area contributed by atoms with Crippen LogP contribution in [0.4, 0.5) is 0 Å². The normalized spacial score (nSPS) is 25.4. The van der Waals surface area contributed by atoms with Crippen LogP contribution in [0.3, 0.4) is 0 Å². The number of hydrogen-bond donors (Lipinski definition) is 1. The summed E-state index contributed by atoms with van der Waals surface area (Å²) >= 11 is 0. The van der Waals surface area contributed by atoms with E-state index in [4.69, 9.17) is 9.47 Å². The molecular weight excluding hydrogens is 190 g/mol. The minimum atomic E-state index is 0.344. The first kappa shape index (κ1) is 11.4. The average molecular weight is 213 g/mol. The SMILES string of the molecule is CCOCC1(CNC2CC2)CCOCC1. The predicted molar refractivity (Wildman–Crippen MR) is 60.0 cm³/mol. The fourth-order valence-electron chi connectivity index (χ4n) is 2.14. The molecule has 0 unspecified atom stereocenters. The molecule has 0 atom stereocenters. The quantitative estimate of drug-likeness (QED) is 0.726. The van der Waals surface area contributed by atoms with Gasteiger partial charge in [0.15, 0.2) is 0 Å². The number of nitrogens with one attached hydrogen (secondary N) is 1. The van der Waals surface area contributed by atoms with Crippen molar-refractivity contribution in [3.05, 3.63) is 0 Å². The van der Waals surface area contributed by atoms with Crippen molar-refractivity contribution in [3.63, 3.8) is 0 Å². The average Bonchev–Trinajstić information content (AvgIpc) is 3.09. The lowest BCUT2D eigenvalue weighted by Gasteiger charge is -2.37. The van der Waals surface area contributed by atoms with Crippen molar-refractivity contribution >= 4 is 0 Å². The van der Waals surface area contributed by atoms with E-state index >= 15 is 0 Å². The Morgan fingerprint density at radius 2 is 2.07 bits per heavy atom. The zero-order valence-corrected chi connectivity index (χ0v) is 9.76. The van der Waals surface area contributed by atoms with Crippen LogP contribution in [-0.2, 0) is 9.47 Å². The highest BCUT2D eigenvalue weighted by Gasteiger charge is 2.34. The molecule has 1 saturated carbocycles. The molecule has 0 radical (unpaired) electrons. The molecule has 3 heteroatoms. The number of rotatable bonds is 6. The molecule has 2 rings (SSSR count). The van der Waals surface area contributed by atoms with Gasteiger partial charge < -0.3 is 14.8 Å². The van der Waals surface area contributed by atoms with Crippen LogP contribution in [0.15, 0.2) is 0 Å². The molecule has 0 amide bonds. The first-order valence-electron chi connectivity index (χ1n) is 6.23. The van der Waals surface area contributed by atoms with Crippen molar-refractivity contribution in [3.8, 4) is 0 Å². The van der Waals surface area contributed by atoms with E-state index in [2.05, 4.69) is 12.2 Å². The Labute approximate surface area is 92.5 Å². The van der Waals surface area contributed by atoms with Crippen LogP contribution in [0, 0.1) is 5.41 Å². The molecular formula is C12H23NO2. The number of ether oxygens (including phenoxy) is 2. The minimum Gasteiger partial charge on any atom is -0.381 e. The maximum Gasteiger partial charge on any atom is 0.0536 e. The molecule has 0 aromatic rings. The Hall–Kier alpha value is -0.120. The summed E-state index contributed by atoms with van der Waals surface area (Å²) in [5, 5.41) is 3.64. The maximum atomic E-state index is 5.63. The van der Waals surface area contributed by atoms with Crippen LogP contribution in [-0.4, -0.2) is 39.0 Å². The van der Waals surface area contributed by atoms with Crippen LogP contribution in [0.5, 0.6) is 0 Å². The Balaban J connectivity index is 1.80. The van der Waals surface area contributed by atoms with E-state index in [1.54, 1.807) is 0 Å². The van der Waals surface area contributed by atoms with E-state index in [-0.39, 0.29) is 0 Å². The molecule has 0 aromatic carbocycles. The van der Waals surface area contributed by atoms with Gasteiger partial charge in [0.2, 0.25) is 0 Å². The van der Waals surface area contributed by atoms with Crippen LogP contribution >= 0.6 is 0 Å². The summed E-state index contributed by atoms with van der Waals surface area (Å²) in [5.41, 5.74) is 0.344. The summed E-state index contributed by atoms with van der Waals surface area (Å²) in [6.45, 7) is 6.71. The van der Waals surface area contributed by atoms with E-state index in [1.807, 2.05) is 0 Å². The zero-order chi connectivity index (χ0) is 10.6. The molecule has 1 aliphatic carbocycles. The van der Waals surface area contributed by atoms with Gasteiger partial charge in [-0.2, -0.15) is 0 Å². The van der Waals surface area contributed by atoms with Crippen LogP contribution in [0.1, 0.15) is 32.6 Å². The monoisotopic (exact) mass is 213 g/mol. The molecule has 15 heavy (non-hydrogen) atoms. The molecule has 2 aliphatic rings. The van der Waals surface area contributed by atoms with E-state index in [9.17, 15) is 0 Å². The molecule has 0 bridgehead atoms. The highest BCUT2D eigenvalue weighted by atomic mass is 16.5. The van der Waals surface area contributed by atoms with Gasteiger partial charge in [-0.15, -0.1) is 0 Å². The third-order valence-electron chi connectivity index (χ3n) is 3.51. The zero-order valence-electron chi connectivity index (χ0n) is 9.76. The van der Waals surface area contributed by atoms with Crippen molar-refractivity contribution in [2.24, 2.45) is 5.41 Å². The lowest BCUT2D eigenvalue weighted by Crippen LogP contribution is -2.43. The molecule has 1 saturated heterocycles. The lowest BCUT2D eigenvalue weighted by atomic mass is 9.81. The molecule has 0 aromatic heterocycles. The van der Waals surface area contributed by atoms with Gasteiger partial charge in [-0.3, -0.25) is 0 Å². The molecule has 2 fully saturated rings. The fraction of sp³-hybridized carbons (Fsp3) is 1.00. The van der Waals surface area contributed by atoms with Gasteiger partial charge in [-0.1, -0.05) is 0 Å². The molecule has 3 nitrogen and oxygen atoms in total. The van der Waals surface area contributed by atoms with Crippen LogP contribution in [0.25, 0.3) is 0 Å². The van der Waals surface area contributed by atoms with Crippen molar-refractivity contribution < 1.29 is 9.47 Å². The third kappa shape index (κ3) is 3.44. The minimum absolute atomic E-state index is 0.344. The summed E-state index contributed by atoms with van der Waals surface area (Å²) in [7, 11) is 0. The van der Waals surface area contributed by atoms with E-state index < -0.39 is 0 Å². The summed E-state index contributed by atoms with van der Waals surface area (Å²) in [4.78, 5) is 0. The topological polar surface area (TPSA) is 30.5 Å². The highest BCUT2D eigenvalue weighted by Crippen LogP contribution is 2.31. The molecule has 1 N–H and O–H groups in total. The Morgan fingerprint density at radius 3 is 2.67 bits per heavy atom. The first-order chi connectivity index (χ1) is 7.35. The second-order valence-electron chi connectivity index (χ2n) is 4.90. The lowest BCUT2D eigenvalue weighted by molar-refractivity contribution is -0.0363. The summed E-state index contributed by atoms with van der Waals surface area (Å²) in [5.74, 6) is 0. The summed E-state index contributed by atoms with van der Waals surface area (Å²) < 4.78 is 11.1. The van der Waals surface area contributed by atoms with Crippen molar-refractivity contribution in [1.29, 1.82) is 0 Å². The third-order valence-corrected chi connectivity index (χ3v) is 3.51. The van der Waals surface area contributed by atoms with Crippen molar-refractivity contribution in [1.82, 2.24) is 5.32 Å². The molecule has 88 valence electrons. The second-order valence-corrected chi connectivity index (χ2v) is 4.90. The van der Waals surface area contributed by atoms with Crippen molar-refractivity contribution in [2.45, 2.75) is 38.6 Å². The van der Waals surface area contributed by atoms with Gasteiger partial charge in [0.25, 0.3) is 0 Å². The van der Waals surface area contributed by atoms with Crippen molar-refractivity contribution in [2.75, 3.05) is 33.0 Å². The smallest absolute Gasteiger partial charge is 0.0536 e. The maximum absolute atomic E-state index is 5.63. The van der Waals surface area contributed by atoms with Gasteiger partial charge in [0.1, 0.15) is 0 Å². The summed E-state index contributed by atoms with van der Waals surface area (Å²) in [6.07, 6.45) is 5.02. The molecule has 1 aliphatic heterocycles. The largest absolute Gasteiger partial charge is 0.381 e. The Bertz CT molecular complexity index is 186. The van der Waals surface area contributed by atoms with Gasteiger partial charge in [-0.25, -0.2) is 0 Å². The fourth-order valence-corrected chi connectivity index (χ4v) is 2.14. The molecule has 1 heterocycles. The Kier molecular flexibility index (Phi) is 4.00. The standard InChI is InChI=1S/C12H23NO2/c1-2-14-10-12(5-7-15-8-6-12)9-13-11-3-4-11/h11,13H,2-10H2,1H3. The van der Waals surface area contributed by atoms with E-state index in [0.29, 0.717) is 5.41 Å². The molecule has 0 spiro atoms. The Morgan fingerprint density at radius 1 is 1.33 bits per heavy atom. The van der Waals surface area contributed by atoms with Gasteiger partial charge in [0, 0.05) is 37.8 Å².